The number of aromatic nitrogens is 1. The molecule has 5 heteroatoms. The topological polar surface area (TPSA) is 65.5 Å². The molecule has 0 spiro atoms. The van der Waals surface area contributed by atoms with E-state index in [9.17, 15) is 9.90 Å². The van der Waals surface area contributed by atoms with Gasteiger partial charge in [0.25, 0.3) is 0 Å². The van der Waals surface area contributed by atoms with Crippen LogP contribution < -0.4 is 5.32 Å². The van der Waals surface area contributed by atoms with Crippen molar-refractivity contribution in [1.29, 1.82) is 0 Å². The van der Waals surface area contributed by atoms with Crippen LogP contribution in [0.2, 0.25) is 0 Å². The van der Waals surface area contributed by atoms with Gasteiger partial charge in [0.1, 0.15) is 0 Å². The van der Waals surface area contributed by atoms with Crippen LogP contribution in [0.25, 0.3) is 17.0 Å². The summed E-state index contributed by atoms with van der Waals surface area (Å²) in [6.07, 6.45) is 6.54. The monoisotopic (exact) mass is 339 g/mol. The van der Waals surface area contributed by atoms with E-state index in [1.165, 1.54) is 0 Å². The Balaban J connectivity index is 1.64. The zero-order valence-electron chi connectivity index (χ0n) is 14.8. The van der Waals surface area contributed by atoms with Crippen molar-refractivity contribution < 1.29 is 9.90 Å². The highest BCUT2D eigenvalue weighted by atomic mass is 16.3. The number of rotatable bonds is 7. The lowest BCUT2D eigenvalue weighted by Crippen LogP contribution is -2.38. The molecule has 1 heterocycles. The van der Waals surface area contributed by atoms with Gasteiger partial charge in [-0.05, 0) is 44.1 Å². The number of aliphatic hydroxyl groups excluding tert-OH is 1. The maximum atomic E-state index is 12.4. The summed E-state index contributed by atoms with van der Waals surface area (Å²) in [6, 6.07) is 10.1. The first-order valence-electron chi connectivity index (χ1n) is 8.62. The fourth-order valence-corrected chi connectivity index (χ4v) is 3.08. The zero-order valence-corrected chi connectivity index (χ0v) is 14.8. The summed E-state index contributed by atoms with van der Waals surface area (Å²) in [5.74, 6) is 0.0199. The number of allylic oxidation sites excluding steroid dienone is 1. The van der Waals surface area contributed by atoms with Crippen LogP contribution in [-0.2, 0) is 4.79 Å². The maximum Gasteiger partial charge on any atom is 0.229 e. The summed E-state index contributed by atoms with van der Waals surface area (Å²) in [5, 5.41) is 13.8. The fraction of sp³-hybridized carbons (Fsp3) is 0.400. The van der Waals surface area contributed by atoms with E-state index in [4.69, 9.17) is 0 Å². The van der Waals surface area contributed by atoms with Crippen LogP contribution in [0.5, 0.6) is 0 Å². The summed E-state index contributed by atoms with van der Waals surface area (Å²) in [5.41, 5.74) is 1.31. The third kappa shape index (κ3) is 3.89. The van der Waals surface area contributed by atoms with Crippen LogP contribution in [0.1, 0.15) is 12.0 Å². The minimum absolute atomic E-state index is 0.0527. The molecular weight excluding hydrogens is 314 g/mol. The van der Waals surface area contributed by atoms with Gasteiger partial charge in [-0.3, -0.25) is 9.78 Å². The molecule has 1 aromatic heterocycles. The first kappa shape index (κ1) is 17.6. The van der Waals surface area contributed by atoms with E-state index in [2.05, 4.69) is 16.4 Å². The van der Waals surface area contributed by atoms with E-state index < -0.39 is 5.41 Å². The zero-order chi connectivity index (χ0) is 17.9. The molecule has 1 aliphatic carbocycles. The van der Waals surface area contributed by atoms with Gasteiger partial charge in [-0.1, -0.05) is 30.4 Å². The summed E-state index contributed by atoms with van der Waals surface area (Å²) < 4.78 is 0. The van der Waals surface area contributed by atoms with E-state index in [0.717, 1.165) is 23.0 Å². The molecule has 3 rings (SSSR count). The number of aliphatic hydroxyl groups is 1. The standard InChI is InChI=1S/C20H25N3O2/c1-23(2)10-9-21-19(25)20(14-24)12-17(20)8-7-15-11-16-5-3-4-6-18(16)22-13-15/h3-8,11,13,17,24H,9-10,12,14H2,1-2H3,(H,21,25)/b8-7+. The van der Waals surface area contributed by atoms with Gasteiger partial charge in [0, 0.05) is 24.7 Å². The molecule has 25 heavy (non-hydrogen) atoms. The number of para-hydroxylation sites is 1. The Labute approximate surface area is 148 Å². The van der Waals surface area contributed by atoms with Crippen molar-refractivity contribution in [3.63, 3.8) is 0 Å². The number of hydrogen-bond acceptors (Lipinski definition) is 4. The van der Waals surface area contributed by atoms with E-state index in [1.807, 2.05) is 61.6 Å². The Hall–Kier alpha value is -2.24. The average Bonchev–Trinajstić information content (AvgIpc) is 3.34. The van der Waals surface area contributed by atoms with Crippen LogP contribution in [0.4, 0.5) is 0 Å². The SMILES string of the molecule is CN(C)CCNC(=O)C1(CO)CC1/C=C/c1cnc2ccccc2c1. The molecular formula is C20H25N3O2. The normalized spacial score (nSPS) is 22.6. The lowest BCUT2D eigenvalue weighted by molar-refractivity contribution is -0.128. The van der Waals surface area contributed by atoms with Gasteiger partial charge >= 0.3 is 0 Å². The smallest absolute Gasteiger partial charge is 0.229 e. The molecule has 1 fully saturated rings. The minimum Gasteiger partial charge on any atom is -0.395 e. The van der Waals surface area contributed by atoms with E-state index in [1.54, 1.807) is 0 Å². The molecule has 1 aliphatic rings. The van der Waals surface area contributed by atoms with Gasteiger partial charge in [-0.15, -0.1) is 0 Å². The van der Waals surface area contributed by atoms with Gasteiger partial charge < -0.3 is 15.3 Å². The van der Waals surface area contributed by atoms with Crippen LogP contribution in [0.3, 0.4) is 0 Å². The first-order valence-corrected chi connectivity index (χ1v) is 8.62. The largest absolute Gasteiger partial charge is 0.395 e. The highest BCUT2D eigenvalue weighted by Gasteiger charge is 2.58. The Morgan fingerprint density at radius 2 is 2.24 bits per heavy atom. The third-order valence-corrected chi connectivity index (χ3v) is 4.85. The van der Waals surface area contributed by atoms with Gasteiger partial charge in [0.05, 0.1) is 17.5 Å². The number of fused-ring (bicyclic) bond motifs is 1. The molecule has 2 atom stereocenters. The maximum absolute atomic E-state index is 12.4. The molecule has 5 nitrogen and oxygen atoms in total. The van der Waals surface area contributed by atoms with E-state index in [-0.39, 0.29) is 18.4 Å². The summed E-state index contributed by atoms with van der Waals surface area (Å²) >= 11 is 0. The first-order chi connectivity index (χ1) is 12.0. The summed E-state index contributed by atoms with van der Waals surface area (Å²) in [7, 11) is 3.93. The van der Waals surface area contributed by atoms with Gasteiger partial charge in [0.15, 0.2) is 0 Å². The molecule has 132 valence electrons. The molecule has 1 saturated carbocycles. The highest BCUT2D eigenvalue weighted by Crippen LogP contribution is 2.53. The highest BCUT2D eigenvalue weighted by molar-refractivity contribution is 5.87. The van der Waals surface area contributed by atoms with Gasteiger partial charge in [-0.2, -0.15) is 0 Å². The third-order valence-electron chi connectivity index (χ3n) is 4.85. The number of pyridine rings is 1. The Bertz CT molecular complexity index is 787. The molecule has 0 radical (unpaired) electrons. The number of hydrogen-bond donors (Lipinski definition) is 2. The Kier molecular flexibility index (Phi) is 5.16. The summed E-state index contributed by atoms with van der Waals surface area (Å²) in [6.45, 7) is 1.26. The van der Waals surface area contributed by atoms with Crippen molar-refractivity contribution in [3.05, 3.63) is 48.2 Å². The van der Waals surface area contributed by atoms with Crippen LogP contribution >= 0.6 is 0 Å². The second-order valence-corrected chi connectivity index (χ2v) is 7.00. The van der Waals surface area contributed by atoms with E-state index in [0.29, 0.717) is 13.0 Å². The Morgan fingerprint density at radius 3 is 3.00 bits per heavy atom. The number of likely N-dealkylation sites (N-methyl/N-ethyl adjacent to an activating group) is 1. The van der Waals surface area contributed by atoms with Crippen molar-refractivity contribution >= 4 is 22.9 Å². The lowest BCUT2D eigenvalue weighted by atomic mass is 10.0. The predicted molar refractivity (Wildman–Crippen MR) is 100.0 cm³/mol. The van der Waals surface area contributed by atoms with Crippen LogP contribution in [0.15, 0.2) is 42.6 Å². The number of benzene rings is 1. The number of nitrogens with zero attached hydrogens (tertiary/aromatic N) is 2. The average molecular weight is 339 g/mol. The van der Waals surface area contributed by atoms with Crippen molar-refractivity contribution in [1.82, 2.24) is 15.2 Å². The van der Waals surface area contributed by atoms with Crippen molar-refractivity contribution in [3.8, 4) is 0 Å². The van der Waals surface area contributed by atoms with Gasteiger partial charge in [-0.25, -0.2) is 0 Å². The molecule has 1 aromatic carbocycles. The predicted octanol–water partition coefficient (Wildman–Crippen LogP) is 1.92. The van der Waals surface area contributed by atoms with Crippen molar-refractivity contribution in [2.75, 3.05) is 33.8 Å². The Morgan fingerprint density at radius 1 is 1.44 bits per heavy atom. The molecule has 1 amide bonds. The second kappa shape index (κ2) is 7.33. The molecule has 2 unspecified atom stereocenters. The second-order valence-electron chi connectivity index (χ2n) is 7.00. The van der Waals surface area contributed by atoms with Crippen LogP contribution in [0, 0.1) is 11.3 Å². The lowest BCUT2D eigenvalue weighted by Gasteiger charge is -2.15. The van der Waals surface area contributed by atoms with Crippen molar-refractivity contribution in [2.45, 2.75) is 6.42 Å². The summed E-state index contributed by atoms with van der Waals surface area (Å²) in [4.78, 5) is 18.9. The number of nitrogens with one attached hydrogen (secondary N) is 1. The number of amides is 1. The minimum atomic E-state index is -0.660. The number of carbonyl (C=O) groups excluding carboxylic acids is 1. The quantitative estimate of drug-likeness (QED) is 0.809. The van der Waals surface area contributed by atoms with Crippen molar-refractivity contribution in [2.24, 2.45) is 11.3 Å². The van der Waals surface area contributed by atoms with Gasteiger partial charge in [0.2, 0.25) is 5.91 Å². The fourth-order valence-electron chi connectivity index (χ4n) is 3.08. The molecule has 0 bridgehead atoms. The van der Waals surface area contributed by atoms with Crippen LogP contribution in [-0.4, -0.2) is 54.7 Å². The molecule has 0 saturated heterocycles. The molecule has 0 aliphatic heterocycles. The molecule has 2 aromatic rings. The van der Waals surface area contributed by atoms with E-state index >= 15 is 0 Å². The number of carbonyl (C=O) groups is 1. The molecule has 2 N–H and O–H groups in total.